The van der Waals surface area contributed by atoms with Gasteiger partial charge in [0.05, 0.1) is 24.3 Å². The highest BCUT2D eigenvalue weighted by Gasteiger charge is 2.24. The van der Waals surface area contributed by atoms with Crippen LogP contribution < -0.4 is 16.4 Å². The van der Waals surface area contributed by atoms with Crippen molar-refractivity contribution in [3.8, 4) is 0 Å². The minimum absolute atomic E-state index is 0. The maximum atomic E-state index is 12.1. The summed E-state index contributed by atoms with van der Waals surface area (Å²) in [6.45, 7) is 5.87. The summed E-state index contributed by atoms with van der Waals surface area (Å²) in [5.74, 6) is -0.749. The summed E-state index contributed by atoms with van der Waals surface area (Å²) < 4.78 is 9.80. The molecule has 0 amide bonds. The number of rotatable bonds is 10. The molecule has 0 aromatic heterocycles. The number of thiocarbonyl (C=S) groups is 2. The zero-order chi connectivity index (χ0) is 35.4. The Balaban J connectivity index is 0.000000333. The summed E-state index contributed by atoms with van der Waals surface area (Å²) in [7, 11) is 2.72. The van der Waals surface area contributed by atoms with Crippen LogP contribution in [0.1, 0.15) is 46.4 Å². The highest BCUT2D eigenvalue weighted by atomic mass is 35.5. The first-order valence-corrected chi connectivity index (χ1v) is 16.6. The number of benzene rings is 4. The molecule has 0 aliphatic heterocycles. The number of aryl methyl sites for hydroxylation is 3. The van der Waals surface area contributed by atoms with E-state index >= 15 is 0 Å². The van der Waals surface area contributed by atoms with Crippen molar-refractivity contribution in [2.45, 2.75) is 53.1 Å². The molecular weight excluding hydrogens is 697 g/mol. The molecule has 0 saturated heterocycles. The molecule has 0 spiro atoms. The van der Waals surface area contributed by atoms with Gasteiger partial charge in [-0.2, -0.15) is 0 Å². The Morgan fingerprint density at radius 3 is 1.39 bits per heavy atom. The van der Waals surface area contributed by atoms with Crippen LogP contribution in [0, 0.1) is 20.8 Å². The maximum Gasteiger partial charge on any atom is 0.328 e. The fourth-order valence-electron chi connectivity index (χ4n) is 4.82. The van der Waals surface area contributed by atoms with Gasteiger partial charge in [0.2, 0.25) is 0 Å². The van der Waals surface area contributed by atoms with Crippen molar-refractivity contribution in [1.29, 1.82) is 0 Å². The minimum atomic E-state index is -0.609. The van der Waals surface area contributed by atoms with E-state index in [1.54, 1.807) is 24.3 Å². The van der Waals surface area contributed by atoms with Crippen molar-refractivity contribution in [2.75, 3.05) is 20.0 Å². The number of nitrogen functional groups attached to an aromatic ring is 1. The van der Waals surface area contributed by atoms with Crippen molar-refractivity contribution in [3.63, 3.8) is 0 Å². The quantitative estimate of drug-likeness (QED) is 0.0851. The Kier molecular flexibility index (Phi) is 16.7. The monoisotopic (exact) mass is 739 g/mol. The Bertz CT molecular complexity index is 1580. The van der Waals surface area contributed by atoms with Gasteiger partial charge in [0.1, 0.15) is 22.1 Å². The van der Waals surface area contributed by atoms with E-state index in [1.807, 2.05) is 81.4 Å². The van der Waals surface area contributed by atoms with E-state index in [1.165, 1.54) is 19.8 Å². The number of nitrogens with one attached hydrogen (secondary N) is 2. The van der Waals surface area contributed by atoms with Gasteiger partial charge >= 0.3 is 11.9 Å². The van der Waals surface area contributed by atoms with Crippen molar-refractivity contribution in [1.82, 2.24) is 10.6 Å². The van der Waals surface area contributed by atoms with Gasteiger partial charge in [0.15, 0.2) is 0 Å². The topological polar surface area (TPSA) is 103 Å². The minimum Gasteiger partial charge on any atom is -0.467 e. The first-order chi connectivity index (χ1) is 22.8. The molecule has 0 bridgehead atoms. The third kappa shape index (κ3) is 12.1. The highest BCUT2D eigenvalue weighted by Crippen LogP contribution is 2.22. The van der Waals surface area contributed by atoms with Crippen LogP contribution in [0.3, 0.4) is 0 Å². The zero-order valence-electron chi connectivity index (χ0n) is 27.4. The molecule has 4 rings (SSSR count). The second-order valence-corrected chi connectivity index (χ2v) is 12.7. The van der Waals surface area contributed by atoms with Crippen LogP contribution in [0.25, 0.3) is 0 Å². The lowest BCUT2D eigenvalue weighted by Gasteiger charge is -2.20. The second-order valence-electron chi connectivity index (χ2n) is 11.1. The average Bonchev–Trinajstić information content (AvgIpc) is 3.05. The van der Waals surface area contributed by atoms with Gasteiger partial charge in [-0.05, 0) is 67.3 Å². The van der Waals surface area contributed by atoms with E-state index in [0.717, 1.165) is 33.4 Å². The summed E-state index contributed by atoms with van der Waals surface area (Å²) >= 11 is 23.4. The fourth-order valence-corrected chi connectivity index (χ4v) is 6.39. The molecule has 2 unspecified atom stereocenters. The lowest BCUT2D eigenvalue weighted by Crippen LogP contribution is -2.43. The van der Waals surface area contributed by atoms with Gasteiger partial charge in [-0.25, -0.2) is 9.59 Å². The second kappa shape index (κ2) is 19.8. The molecule has 0 aliphatic rings. The normalized spacial score (nSPS) is 11.4. The molecule has 4 N–H and O–H groups in total. The van der Waals surface area contributed by atoms with Gasteiger partial charge in [-0.1, -0.05) is 121 Å². The van der Waals surface area contributed by atoms with Crippen LogP contribution in [0.4, 0.5) is 5.69 Å². The first kappa shape index (κ1) is 41.2. The summed E-state index contributed by atoms with van der Waals surface area (Å²) in [6, 6.07) is 25.3. The molecule has 4 aromatic carbocycles. The highest BCUT2D eigenvalue weighted by molar-refractivity contribution is 7.81. The summed E-state index contributed by atoms with van der Waals surface area (Å²) in [5.41, 5.74) is 12.9. The first-order valence-electron chi connectivity index (χ1n) is 15.0. The number of halogens is 2. The summed E-state index contributed by atoms with van der Waals surface area (Å²) in [4.78, 5) is 25.1. The molecular formula is C38H43Cl2N3O4S2. The van der Waals surface area contributed by atoms with Gasteiger partial charge in [-0.15, -0.1) is 0 Å². The number of hydrogen-bond acceptors (Lipinski definition) is 7. The number of ether oxygens (including phenoxy) is 2. The molecule has 49 heavy (non-hydrogen) atoms. The van der Waals surface area contributed by atoms with Gasteiger partial charge < -0.3 is 25.8 Å². The largest absolute Gasteiger partial charge is 0.467 e. The molecule has 0 radical (unpaired) electrons. The van der Waals surface area contributed by atoms with Crippen LogP contribution >= 0.6 is 47.6 Å². The Morgan fingerprint density at radius 1 is 0.673 bits per heavy atom. The number of nitrogens with two attached hydrogens (primary N) is 1. The van der Waals surface area contributed by atoms with Crippen molar-refractivity contribution < 1.29 is 19.1 Å². The lowest BCUT2D eigenvalue weighted by atomic mass is 10.0. The van der Waals surface area contributed by atoms with Crippen LogP contribution in [-0.2, 0) is 31.9 Å². The van der Waals surface area contributed by atoms with Crippen LogP contribution in [0.5, 0.6) is 0 Å². The number of carbonyl (C=O) groups excluding carboxylic acids is 2. The van der Waals surface area contributed by atoms with E-state index in [0.29, 0.717) is 38.6 Å². The predicted octanol–water partition coefficient (Wildman–Crippen LogP) is 7.92. The Labute approximate surface area is 310 Å². The number of methoxy groups -OCH3 is 2. The Morgan fingerprint density at radius 2 is 1.04 bits per heavy atom. The van der Waals surface area contributed by atoms with Gasteiger partial charge in [0, 0.05) is 29.7 Å². The van der Waals surface area contributed by atoms with Crippen molar-refractivity contribution in [3.05, 3.63) is 134 Å². The summed E-state index contributed by atoms with van der Waals surface area (Å²) in [5, 5.41) is 7.28. The zero-order valence-corrected chi connectivity index (χ0v) is 30.6. The van der Waals surface area contributed by atoms with E-state index in [4.69, 9.17) is 62.8 Å². The van der Waals surface area contributed by atoms with Crippen molar-refractivity contribution >= 4 is 75.2 Å². The summed E-state index contributed by atoms with van der Waals surface area (Å²) in [6.07, 6.45) is 0.910. The standard InChI is InChI=1S/C19H20ClNO2S.C18H19ClN2O2S.CH4/c1-12-7-9-14(10-8-12)11-16(19(22)23-3)21-18(24)17-13(2)5-4-6-15(17)20;1-11-4-3-5-14(19)16(11)17(24)21-15(18(22)23-2)10-12-6-8-13(20)9-7-12;/h4-10,16H,11H2,1-3H3,(H,21,24);3-9,15H,10,20H2,1-2H3,(H,21,24);1H4. The molecule has 0 aliphatic carbocycles. The van der Waals surface area contributed by atoms with Gasteiger partial charge in [0.25, 0.3) is 0 Å². The predicted molar refractivity (Wildman–Crippen MR) is 210 cm³/mol. The molecule has 7 nitrogen and oxygen atoms in total. The van der Waals surface area contributed by atoms with E-state index in [2.05, 4.69) is 10.6 Å². The molecule has 0 heterocycles. The SMILES string of the molecule is C.COC(=O)C(Cc1ccc(C)cc1)NC(=S)c1c(C)cccc1Cl.COC(=O)C(Cc1ccc(N)cc1)NC(=S)c1c(C)cccc1Cl. The van der Waals surface area contributed by atoms with E-state index < -0.39 is 12.1 Å². The number of carbonyl (C=O) groups is 2. The number of anilines is 1. The van der Waals surface area contributed by atoms with Crippen LogP contribution in [0.2, 0.25) is 10.0 Å². The molecule has 0 fully saturated rings. The third-order valence-corrected chi connectivity index (χ3v) is 8.73. The molecule has 0 saturated carbocycles. The molecule has 11 heteroatoms. The average molecular weight is 741 g/mol. The van der Waals surface area contributed by atoms with Crippen molar-refractivity contribution in [2.24, 2.45) is 0 Å². The van der Waals surface area contributed by atoms with Crippen LogP contribution in [0.15, 0.2) is 84.9 Å². The van der Waals surface area contributed by atoms with Gasteiger partial charge in [-0.3, -0.25) is 0 Å². The Hall–Kier alpha value is -4.02. The van der Waals surface area contributed by atoms with E-state index in [9.17, 15) is 9.59 Å². The molecule has 260 valence electrons. The van der Waals surface area contributed by atoms with Crippen LogP contribution in [-0.4, -0.2) is 48.2 Å². The maximum absolute atomic E-state index is 12.1. The number of hydrogen-bond donors (Lipinski definition) is 3. The van der Waals surface area contributed by atoms with E-state index in [-0.39, 0.29) is 19.4 Å². The number of esters is 2. The molecule has 2 atom stereocenters. The lowest BCUT2D eigenvalue weighted by molar-refractivity contribution is -0.143. The smallest absolute Gasteiger partial charge is 0.328 e. The molecule has 4 aromatic rings. The fraction of sp³-hybridized carbons (Fsp3) is 0.263. The third-order valence-electron chi connectivity index (χ3n) is 7.46.